The van der Waals surface area contributed by atoms with Crippen LogP contribution in [0.5, 0.6) is 0 Å². The summed E-state index contributed by atoms with van der Waals surface area (Å²) >= 11 is 0. The molecule has 2 aromatic rings. The number of benzene rings is 2. The third kappa shape index (κ3) is 5.40. The van der Waals surface area contributed by atoms with Crippen molar-refractivity contribution in [1.82, 2.24) is 9.62 Å². The summed E-state index contributed by atoms with van der Waals surface area (Å²) in [5.41, 5.74) is 2.99. The molecule has 0 aromatic heterocycles. The first-order valence-electron chi connectivity index (χ1n) is 9.23. The molecule has 0 aliphatic heterocycles. The SMILES string of the molecule is CCN(CC)S(=O)(=O)c1ccc(C(C)NC(=O)Cc2ccc(C)cc2)cc1. The largest absolute Gasteiger partial charge is 0.349 e. The second-order valence-corrected chi connectivity index (χ2v) is 8.55. The van der Waals surface area contributed by atoms with E-state index < -0.39 is 10.0 Å². The third-order valence-electron chi connectivity index (χ3n) is 4.59. The lowest BCUT2D eigenvalue weighted by molar-refractivity contribution is -0.121. The molecule has 0 heterocycles. The molecule has 2 rings (SSSR count). The van der Waals surface area contributed by atoms with Gasteiger partial charge in [-0.3, -0.25) is 4.79 Å². The molecule has 146 valence electrons. The number of hydrogen-bond acceptors (Lipinski definition) is 3. The number of nitrogens with zero attached hydrogens (tertiary/aromatic N) is 1. The summed E-state index contributed by atoms with van der Waals surface area (Å²) in [6.45, 7) is 8.41. The van der Waals surface area contributed by atoms with Crippen LogP contribution in [0.1, 0.15) is 43.5 Å². The number of aryl methyl sites for hydroxylation is 1. The van der Waals surface area contributed by atoms with E-state index >= 15 is 0 Å². The fourth-order valence-corrected chi connectivity index (χ4v) is 4.37. The standard InChI is InChI=1S/C21H28N2O3S/c1-5-23(6-2)27(25,26)20-13-11-19(12-14-20)17(4)22-21(24)15-18-9-7-16(3)8-10-18/h7-14,17H,5-6,15H2,1-4H3,(H,22,24). The van der Waals surface area contributed by atoms with Gasteiger partial charge in [-0.1, -0.05) is 55.8 Å². The van der Waals surface area contributed by atoms with Gasteiger partial charge in [-0.15, -0.1) is 0 Å². The maximum atomic E-state index is 12.5. The molecule has 0 fully saturated rings. The highest BCUT2D eigenvalue weighted by Crippen LogP contribution is 2.19. The van der Waals surface area contributed by atoms with Gasteiger partial charge in [-0.05, 0) is 37.1 Å². The number of rotatable bonds is 8. The van der Waals surface area contributed by atoms with Crippen LogP contribution in [0.2, 0.25) is 0 Å². The minimum absolute atomic E-state index is 0.0637. The Labute approximate surface area is 162 Å². The molecule has 1 atom stereocenters. The van der Waals surface area contributed by atoms with Crippen molar-refractivity contribution in [2.75, 3.05) is 13.1 Å². The lowest BCUT2D eigenvalue weighted by atomic mass is 10.1. The number of sulfonamides is 1. The Morgan fingerprint density at radius 3 is 2.07 bits per heavy atom. The Balaban J connectivity index is 2.03. The maximum Gasteiger partial charge on any atom is 0.243 e. The molecule has 1 amide bonds. The number of carbonyl (C=O) groups is 1. The summed E-state index contributed by atoms with van der Waals surface area (Å²) in [5, 5.41) is 2.96. The van der Waals surface area contributed by atoms with Crippen LogP contribution < -0.4 is 5.32 Å². The summed E-state index contributed by atoms with van der Waals surface area (Å²) in [4.78, 5) is 12.5. The maximum absolute atomic E-state index is 12.5. The van der Waals surface area contributed by atoms with Crippen LogP contribution in [0.4, 0.5) is 0 Å². The van der Waals surface area contributed by atoms with E-state index in [2.05, 4.69) is 5.32 Å². The van der Waals surface area contributed by atoms with Gasteiger partial charge < -0.3 is 5.32 Å². The quantitative estimate of drug-likeness (QED) is 0.753. The highest BCUT2D eigenvalue weighted by atomic mass is 32.2. The van der Waals surface area contributed by atoms with E-state index in [0.717, 1.165) is 16.7 Å². The first-order chi connectivity index (χ1) is 12.8. The summed E-state index contributed by atoms with van der Waals surface area (Å²) in [6, 6.07) is 14.4. The van der Waals surface area contributed by atoms with E-state index in [-0.39, 0.29) is 16.8 Å². The zero-order chi connectivity index (χ0) is 20.0. The molecule has 0 aliphatic carbocycles. The fourth-order valence-electron chi connectivity index (χ4n) is 2.91. The second-order valence-electron chi connectivity index (χ2n) is 6.61. The predicted molar refractivity (Wildman–Crippen MR) is 108 cm³/mol. The monoisotopic (exact) mass is 388 g/mol. The zero-order valence-electron chi connectivity index (χ0n) is 16.4. The van der Waals surface area contributed by atoms with Crippen LogP contribution in [-0.4, -0.2) is 31.7 Å². The number of hydrogen-bond donors (Lipinski definition) is 1. The Bertz CT molecular complexity index is 855. The average Bonchev–Trinajstić information content (AvgIpc) is 2.64. The molecule has 27 heavy (non-hydrogen) atoms. The minimum atomic E-state index is -3.46. The van der Waals surface area contributed by atoms with E-state index in [0.29, 0.717) is 19.5 Å². The molecular formula is C21H28N2O3S. The van der Waals surface area contributed by atoms with Gasteiger partial charge in [0.15, 0.2) is 0 Å². The van der Waals surface area contributed by atoms with Gasteiger partial charge in [0.05, 0.1) is 17.4 Å². The van der Waals surface area contributed by atoms with Gasteiger partial charge in [0.2, 0.25) is 15.9 Å². The Morgan fingerprint density at radius 2 is 1.56 bits per heavy atom. The van der Waals surface area contributed by atoms with Crippen molar-refractivity contribution in [3.05, 3.63) is 65.2 Å². The molecule has 1 unspecified atom stereocenters. The van der Waals surface area contributed by atoms with Crippen molar-refractivity contribution in [2.24, 2.45) is 0 Å². The highest BCUT2D eigenvalue weighted by molar-refractivity contribution is 7.89. The Hall–Kier alpha value is -2.18. The van der Waals surface area contributed by atoms with Crippen molar-refractivity contribution in [3.8, 4) is 0 Å². The molecule has 0 aliphatic rings. The second kappa shape index (κ2) is 9.15. The van der Waals surface area contributed by atoms with E-state index in [9.17, 15) is 13.2 Å². The smallest absolute Gasteiger partial charge is 0.243 e. The topological polar surface area (TPSA) is 66.5 Å². The molecule has 2 aromatic carbocycles. The summed E-state index contributed by atoms with van der Waals surface area (Å²) in [6.07, 6.45) is 0.318. The van der Waals surface area contributed by atoms with Crippen molar-refractivity contribution >= 4 is 15.9 Å². The molecular weight excluding hydrogens is 360 g/mol. The molecule has 1 N–H and O–H groups in total. The lowest BCUT2D eigenvalue weighted by Gasteiger charge is -2.19. The van der Waals surface area contributed by atoms with E-state index in [1.807, 2.05) is 52.0 Å². The lowest BCUT2D eigenvalue weighted by Crippen LogP contribution is -2.30. The Kier molecular flexibility index (Phi) is 7.16. The molecule has 6 heteroatoms. The van der Waals surface area contributed by atoms with Crippen LogP contribution in [0.15, 0.2) is 53.4 Å². The number of amides is 1. The van der Waals surface area contributed by atoms with Crippen molar-refractivity contribution < 1.29 is 13.2 Å². The zero-order valence-corrected chi connectivity index (χ0v) is 17.2. The first kappa shape index (κ1) is 21.1. The summed E-state index contributed by atoms with van der Waals surface area (Å²) in [7, 11) is -3.46. The Morgan fingerprint density at radius 1 is 1.00 bits per heavy atom. The van der Waals surface area contributed by atoms with Gasteiger partial charge in [0.25, 0.3) is 0 Å². The number of carbonyl (C=O) groups excluding carboxylic acids is 1. The highest BCUT2D eigenvalue weighted by Gasteiger charge is 2.21. The third-order valence-corrected chi connectivity index (χ3v) is 6.65. The molecule has 0 saturated heterocycles. The van der Waals surface area contributed by atoms with Gasteiger partial charge in [0, 0.05) is 13.1 Å². The molecule has 0 saturated carbocycles. The van der Waals surface area contributed by atoms with Gasteiger partial charge in [0.1, 0.15) is 0 Å². The van der Waals surface area contributed by atoms with Gasteiger partial charge in [-0.2, -0.15) is 4.31 Å². The van der Waals surface area contributed by atoms with Crippen molar-refractivity contribution in [3.63, 3.8) is 0 Å². The van der Waals surface area contributed by atoms with Crippen LogP contribution in [0.3, 0.4) is 0 Å². The van der Waals surface area contributed by atoms with Gasteiger partial charge >= 0.3 is 0 Å². The normalized spacial score (nSPS) is 12.8. The van der Waals surface area contributed by atoms with Gasteiger partial charge in [-0.25, -0.2) is 8.42 Å². The van der Waals surface area contributed by atoms with Crippen molar-refractivity contribution in [1.29, 1.82) is 0 Å². The van der Waals surface area contributed by atoms with Crippen LogP contribution in [-0.2, 0) is 21.2 Å². The minimum Gasteiger partial charge on any atom is -0.349 e. The summed E-state index contributed by atoms with van der Waals surface area (Å²) in [5.74, 6) is -0.0637. The summed E-state index contributed by atoms with van der Waals surface area (Å²) < 4.78 is 26.5. The predicted octanol–water partition coefficient (Wildman–Crippen LogP) is 3.45. The fraction of sp³-hybridized carbons (Fsp3) is 0.381. The van der Waals surface area contributed by atoms with E-state index in [4.69, 9.17) is 0 Å². The molecule has 0 radical (unpaired) electrons. The first-order valence-corrected chi connectivity index (χ1v) is 10.7. The van der Waals surface area contributed by atoms with Crippen LogP contribution in [0, 0.1) is 6.92 Å². The average molecular weight is 389 g/mol. The van der Waals surface area contributed by atoms with Crippen LogP contribution in [0.25, 0.3) is 0 Å². The molecule has 5 nitrogen and oxygen atoms in total. The number of nitrogens with one attached hydrogen (secondary N) is 1. The molecule has 0 spiro atoms. The van der Waals surface area contributed by atoms with Crippen LogP contribution >= 0.6 is 0 Å². The van der Waals surface area contributed by atoms with E-state index in [1.54, 1.807) is 24.3 Å². The van der Waals surface area contributed by atoms with E-state index in [1.165, 1.54) is 4.31 Å². The molecule has 0 bridgehead atoms. The van der Waals surface area contributed by atoms with Crippen molar-refractivity contribution in [2.45, 2.75) is 45.1 Å².